The maximum Gasteiger partial charge on any atom is 0.238 e. The molecule has 0 bridgehead atoms. The molecule has 2 N–H and O–H groups in total. The SMILES string of the molecule is C#CCC(C)NCC(=O)Nc1cc(Cl)ccc1C. The molecule has 0 aliphatic carbocycles. The molecule has 0 saturated heterocycles. The molecule has 0 aliphatic heterocycles. The van der Waals surface area contributed by atoms with Crippen LogP contribution in [0.1, 0.15) is 18.9 Å². The van der Waals surface area contributed by atoms with Crippen molar-refractivity contribution in [3.63, 3.8) is 0 Å². The van der Waals surface area contributed by atoms with E-state index in [2.05, 4.69) is 16.6 Å². The second kappa shape index (κ2) is 7.05. The van der Waals surface area contributed by atoms with Crippen molar-refractivity contribution >= 4 is 23.2 Å². The number of benzene rings is 1. The van der Waals surface area contributed by atoms with Crippen LogP contribution in [0.15, 0.2) is 18.2 Å². The molecule has 1 amide bonds. The highest BCUT2D eigenvalue weighted by Crippen LogP contribution is 2.19. The molecule has 0 radical (unpaired) electrons. The quantitative estimate of drug-likeness (QED) is 0.803. The first kappa shape index (κ1) is 14.6. The fraction of sp³-hybridized carbons (Fsp3) is 0.357. The molecule has 1 rings (SSSR count). The smallest absolute Gasteiger partial charge is 0.238 e. The van der Waals surface area contributed by atoms with Gasteiger partial charge in [0, 0.05) is 23.2 Å². The highest BCUT2D eigenvalue weighted by atomic mass is 35.5. The molecular formula is C14H17ClN2O. The summed E-state index contributed by atoms with van der Waals surface area (Å²) in [4.78, 5) is 11.7. The van der Waals surface area contributed by atoms with Crippen LogP contribution in [0, 0.1) is 19.3 Å². The normalized spacial score (nSPS) is 11.7. The van der Waals surface area contributed by atoms with Gasteiger partial charge < -0.3 is 10.6 Å². The fourth-order valence-corrected chi connectivity index (χ4v) is 1.61. The van der Waals surface area contributed by atoms with Gasteiger partial charge in [0.05, 0.1) is 6.54 Å². The van der Waals surface area contributed by atoms with Gasteiger partial charge in [0.1, 0.15) is 0 Å². The van der Waals surface area contributed by atoms with E-state index in [0.29, 0.717) is 11.4 Å². The van der Waals surface area contributed by atoms with Gasteiger partial charge in [-0.3, -0.25) is 4.79 Å². The maximum atomic E-state index is 11.7. The number of nitrogens with one attached hydrogen (secondary N) is 2. The van der Waals surface area contributed by atoms with Gasteiger partial charge in [-0.25, -0.2) is 0 Å². The zero-order chi connectivity index (χ0) is 13.5. The topological polar surface area (TPSA) is 41.1 Å². The van der Waals surface area contributed by atoms with E-state index >= 15 is 0 Å². The summed E-state index contributed by atoms with van der Waals surface area (Å²) in [6.45, 7) is 4.09. The summed E-state index contributed by atoms with van der Waals surface area (Å²) in [7, 11) is 0. The number of terminal acetylenes is 1. The van der Waals surface area contributed by atoms with Gasteiger partial charge in [-0.1, -0.05) is 17.7 Å². The lowest BCUT2D eigenvalue weighted by Crippen LogP contribution is -2.34. The summed E-state index contributed by atoms with van der Waals surface area (Å²) in [6, 6.07) is 5.52. The van der Waals surface area contributed by atoms with Crippen LogP contribution in [0.5, 0.6) is 0 Å². The Morgan fingerprint density at radius 2 is 2.28 bits per heavy atom. The number of rotatable bonds is 5. The van der Waals surface area contributed by atoms with Gasteiger partial charge in [0.2, 0.25) is 5.91 Å². The molecule has 0 spiro atoms. The number of anilines is 1. The number of aryl methyl sites for hydroxylation is 1. The zero-order valence-corrected chi connectivity index (χ0v) is 11.3. The first-order valence-corrected chi connectivity index (χ1v) is 6.13. The summed E-state index contributed by atoms with van der Waals surface area (Å²) >= 11 is 5.88. The zero-order valence-electron chi connectivity index (χ0n) is 10.6. The van der Waals surface area contributed by atoms with Crippen molar-refractivity contribution in [2.45, 2.75) is 26.3 Å². The van der Waals surface area contributed by atoms with Gasteiger partial charge in [-0.2, -0.15) is 0 Å². The standard InChI is InChI=1S/C14H17ClN2O/c1-4-5-11(3)16-9-14(18)17-13-8-12(15)7-6-10(13)2/h1,6-8,11,16H,5,9H2,2-3H3,(H,17,18). The Balaban J connectivity index is 2.50. The van der Waals surface area contributed by atoms with Crippen LogP contribution in [0.3, 0.4) is 0 Å². The molecule has 0 fully saturated rings. The molecular weight excluding hydrogens is 248 g/mol. The highest BCUT2D eigenvalue weighted by molar-refractivity contribution is 6.31. The average Bonchev–Trinajstić information content (AvgIpc) is 2.32. The van der Waals surface area contributed by atoms with E-state index in [1.165, 1.54) is 0 Å². The molecule has 1 aromatic rings. The van der Waals surface area contributed by atoms with E-state index in [9.17, 15) is 4.79 Å². The van der Waals surface area contributed by atoms with Crippen molar-refractivity contribution < 1.29 is 4.79 Å². The molecule has 0 saturated carbocycles. The van der Waals surface area contributed by atoms with Crippen molar-refractivity contribution in [2.24, 2.45) is 0 Å². The van der Waals surface area contributed by atoms with Gasteiger partial charge in [0.15, 0.2) is 0 Å². The Kier molecular flexibility index (Phi) is 5.70. The second-order valence-corrected chi connectivity index (χ2v) is 4.63. The van der Waals surface area contributed by atoms with Gasteiger partial charge in [-0.15, -0.1) is 12.3 Å². The molecule has 1 unspecified atom stereocenters. The van der Waals surface area contributed by atoms with Crippen LogP contribution in [0.25, 0.3) is 0 Å². The minimum absolute atomic E-state index is 0.107. The molecule has 3 nitrogen and oxygen atoms in total. The number of halogens is 1. The van der Waals surface area contributed by atoms with Crippen LogP contribution in [-0.2, 0) is 4.79 Å². The van der Waals surface area contributed by atoms with E-state index in [1.807, 2.05) is 19.9 Å². The van der Waals surface area contributed by atoms with Crippen molar-refractivity contribution in [3.8, 4) is 12.3 Å². The summed E-state index contributed by atoms with van der Waals surface area (Å²) in [5, 5.41) is 6.46. The van der Waals surface area contributed by atoms with Gasteiger partial charge >= 0.3 is 0 Å². The minimum atomic E-state index is -0.107. The average molecular weight is 265 g/mol. The first-order valence-electron chi connectivity index (χ1n) is 5.75. The summed E-state index contributed by atoms with van der Waals surface area (Å²) in [5.41, 5.74) is 1.71. The monoisotopic (exact) mass is 264 g/mol. The van der Waals surface area contributed by atoms with E-state index in [-0.39, 0.29) is 18.5 Å². The first-order chi connectivity index (χ1) is 8.52. The number of carbonyl (C=O) groups is 1. The van der Waals surface area contributed by atoms with Crippen molar-refractivity contribution in [1.82, 2.24) is 5.32 Å². The third-order valence-corrected chi connectivity index (χ3v) is 2.74. The molecule has 18 heavy (non-hydrogen) atoms. The van der Waals surface area contributed by atoms with Gasteiger partial charge in [0.25, 0.3) is 0 Å². The van der Waals surface area contributed by atoms with Crippen LogP contribution in [0.4, 0.5) is 5.69 Å². The van der Waals surface area contributed by atoms with Crippen LogP contribution in [-0.4, -0.2) is 18.5 Å². The van der Waals surface area contributed by atoms with Crippen LogP contribution >= 0.6 is 11.6 Å². The van der Waals surface area contributed by atoms with E-state index in [4.69, 9.17) is 18.0 Å². The Morgan fingerprint density at radius 3 is 2.94 bits per heavy atom. The summed E-state index contributed by atoms with van der Waals surface area (Å²) in [6.07, 6.45) is 5.79. The number of hydrogen-bond acceptors (Lipinski definition) is 2. The highest BCUT2D eigenvalue weighted by Gasteiger charge is 2.07. The number of carbonyl (C=O) groups excluding carboxylic acids is 1. The van der Waals surface area contributed by atoms with Crippen molar-refractivity contribution in [2.75, 3.05) is 11.9 Å². The third-order valence-electron chi connectivity index (χ3n) is 2.51. The lowest BCUT2D eigenvalue weighted by atomic mass is 10.2. The molecule has 4 heteroatoms. The lowest BCUT2D eigenvalue weighted by molar-refractivity contribution is -0.115. The Labute approximate surface area is 113 Å². The van der Waals surface area contributed by atoms with E-state index in [0.717, 1.165) is 11.3 Å². The molecule has 1 atom stereocenters. The fourth-order valence-electron chi connectivity index (χ4n) is 1.44. The Bertz CT molecular complexity index is 465. The molecule has 0 aromatic heterocycles. The number of amides is 1. The van der Waals surface area contributed by atoms with Crippen LogP contribution in [0.2, 0.25) is 5.02 Å². The van der Waals surface area contributed by atoms with Gasteiger partial charge in [-0.05, 0) is 31.5 Å². The van der Waals surface area contributed by atoms with Crippen molar-refractivity contribution in [1.29, 1.82) is 0 Å². The summed E-state index contributed by atoms with van der Waals surface area (Å²) < 4.78 is 0. The van der Waals surface area contributed by atoms with E-state index in [1.54, 1.807) is 12.1 Å². The Hall–Kier alpha value is -1.50. The predicted octanol–water partition coefficient (Wildman–Crippen LogP) is 2.59. The molecule has 1 aromatic carbocycles. The third kappa shape index (κ3) is 4.79. The summed E-state index contributed by atoms with van der Waals surface area (Å²) in [5.74, 6) is 2.44. The Morgan fingerprint density at radius 1 is 1.56 bits per heavy atom. The maximum absolute atomic E-state index is 11.7. The predicted molar refractivity (Wildman–Crippen MR) is 75.7 cm³/mol. The number of hydrogen-bond donors (Lipinski definition) is 2. The molecule has 0 heterocycles. The molecule has 0 aliphatic rings. The van der Waals surface area contributed by atoms with E-state index < -0.39 is 0 Å². The van der Waals surface area contributed by atoms with Crippen LogP contribution < -0.4 is 10.6 Å². The second-order valence-electron chi connectivity index (χ2n) is 4.20. The molecule has 96 valence electrons. The minimum Gasteiger partial charge on any atom is -0.325 e. The largest absolute Gasteiger partial charge is 0.325 e. The van der Waals surface area contributed by atoms with Crippen molar-refractivity contribution in [3.05, 3.63) is 28.8 Å². The lowest BCUT2D eigenvalue weighted by Gasteiger charge is -2.12.